The highest BCUT2D eigenvalue weighted by molar-refractivity contribution is 8.14. The van der Waals surface area contributed by atoms with Gasteiger partial charge in [0.1, 0.15) is 11.3 Å². The number of hydrogen-bond acceptors (Lipinski definition) is 8. The van der Waals surface area contributed by atoms with E-state index in [2.05, 4.69) is 31.2 Å². The van der Waals surface area contributed by atoms with Crippen LogP contribution in [0.4, 0.5) is 13.6 Å². The van der Waals surface area contributed by atoms with Crippen LogP contribution in [0.1, 0.15) is 50.6 Å². The first-order valence-corrected chi connectivity index (χ1v) is 12.1. The minimum Gasteiger partial charge on any atom is -0.463 e. The standard InChI is InChI=1S/C25H25F2N5O3S/c1-6-7-34-18-12-28-17(11-29-18)16(26)9-14-8-15(22(27)30-10-14)20-19-13(2)21(19)36-23(31-20)32-24(33)35-25(3,4)5/h1,8-13,19-21H,7H2,2-5H3,(H,31,32,33)/b16-9-. The quantitative estimate of drug-likeness (QED) is 0.453. The van der Waals surface area contributed by atoms with Crippen LogP contribution < -0.4 is 10.1 Å². The van der Waals surface area contributed by atoms with E-state index in [0.29, 0.717) is 10.7 Å². The molecule has 11 heteroatoms. The van der Waals surface area contributed by atoms with Crippen LogP contribution in [0.3, 0.4) is 0 Å². The normalized spacial score (nSPS) is 23.1. The van der Waals surface area contributed by atoms with Crippen LogP contribution >= 0.6 is 11.8 Å². The van der Waals surface area contributed by atoms with Gasteiger partial charge in [0.05, 0.1) is 18.4 Å². The number of amides is 1. The molecule has 188 valence electrons. The monoisotopic (exact) mass is 513 g/mol. The molecule has 1 aliphatic heterocycles. The van der Waals surface area contributed by atoms with Gasteiger partial charge in [-0.15, -0.1) is 6.42 Å². The van der Waals surface area contributed by atoms with Crippen LogP contribution in [0.25, 0.3) is 11.9 Å². The van der Waals surface area contributed by atoms with Crippen LogP contribution in [0.2, 0.25) is 0 Å². The molecule has 8 nitrogen and oxygen atoms in total. The Morgan fingerprint density at radius 3 is 2.72 bits per heavy atom. The van der Waals surface area contributed by atoms with Crippen molar-refractivity contribution in [2.45, 2.75) is 44.6 Å². The lowest BCUT2D eigenvalue weighted by Gasteiger charge is -2.23. The van der Waals surface area contributed by atoms with E-state index >= 15 is 0 Å². The zero-order valence-corrected chi connectivity index (χ0v) is 21.0. The van der Waals surface area contributed by atoms with Crippen molar-refractivity contribution >= 4 is 34.9 Å². The van der Waals surface area contributed by atoms with Gasteiger partial charge in [0.25, 0.3) is 0 Å². The molecule has 0 spiro atoms. The number of amidine groups is 1. The summed E-state index contributed by atoms with van der Waals surface area (Å²) >= 11 is 1.43. The van der Waals surface area contributed by atoms with E-state index in [-0.39, 0.29) is 40.8 Å². The maximum atomic E-state index is 14.8. The third kappa shape index (κ3) is 5.99. The average molecular weight is 514 g/mol. The number of halogens is 2. The lowest BCUT2D eigenvalue weighted by Crippen LogP contribution is -2.36. The number of hydrogen-bond donors (Lipinski definition) is 1. The second-order valence-electron chi connectivity index (χ2n) is 9.40. The minimum absolute atomic E-state index is 0.0218. The summed E-state index contributed by atoms with van der Waals surface area (Å²) in [4.78, 5) is 28.6. The Bertz CT molecular complexity index is 1250. The largest absolute Gasteiger partial charge is 0.463 e. The van der Waals surface area contributed by atoms with Crippen molar-refractivity contribution in [3.63, 3.8) is 0 Å². The predicted molar refractivity (Wildman–Crippen MR) is 133 cm³/mol. The Labute approximate surface area is 212 Å². The molecule has 2 aromatic heterocycles. The number of ether oxygens (including phenoxy) is 2. The number of nitrogens with zero attached hydrogens (tertiary/aromatic N) is 4. The van der Waals surface area contributed by atoms with E-state index in [1.165, 1.54) is 42.5 Å². The van der Waals surface area contributed by atoms with Gasteiger partial charge < -0.3 is 9.47 Å². The lowest BCUT2D eigenvalue weighted by atomic mass is 10.0. The fourth-order valence-electron chi connectivity index (χ4n) is 3.83. The van der Waals surface area contributed by atoms with Crippen molar-refractivity contribution in [1.82, 2.24) is 20.3 Å². The number of aromatic nitrogens is 3. The number of carbonyl (C=O) groups excluding carboxylic acids is 1. The van der Waals surface area contributed by atoms with E-state index in [1.807, 2.05) is 6.92 Å². The van der Waals surface area contributed by atoms with Gasteiger partial charge in [-0.3, -0.25) is 10.3 Å². The summed E-state index contributed by atoms with van der Waals surface area (Å²) in [5.41, 5.74) is -0.137. The number of aliphatic imine (C=N–C) groups is 1. The van der Waals surface area contributed by atoms with Gasteiger partial charge in [0, 0.05) is 22.9 Å². The third-order valence-corrected chi connectivity index (χ3v) is 6.96. The second kappa shape index (κ2) is 10.2. The van der Waals surface area contributed by atoms with Crippen LogP contribution in [0.15, 0.2) is 29.6 Å². The number of fused-ring (bicyclic) bond motifs is 1. The van der Waals surface area contributed by atoms with Gasteiger partial charge in [-0.05, 0) is 44.4 Å². The first-order valence-electron chi connectivity index (χ1n) is 11.2. The van der Waals surface area contributed by atoms with Gasteiger partial charge in [-0.1, -0.05) is 24.6 Å². The molecule has 0 saturated heterocycles. The van der Waals surface area contributed by atoms with Gasteiger partial charge in [0.2, 0.25) is 11.8 Å². The third-order valence-electron chi connectivity index (χ3n) is 5.52. The van der Waals surface area contributed by atoms with E-state index < -0.39 is 29.5 Å². The number of nitrogens with one attached hydrogen (secondary N) is 1. The Hall–Kier alpha value is -3.52. The van der Waals surface area contributed by atoms with Crippen molar-refractivity contribution in [3.8, 4) is 18.2 Å². The highest BCUT2D eigenvalue weighted by Crippen LogP contribution is 2.59. The molecule has 3 heterocycles. The average Bonchev–Trinajstić information content (AvgIpc) is 3.46. The van der Waals surface area contributed by atoms with E-state index in [4.69, 9.17) is 15.9 Å². The highest BCUT2D eigenvalue weighted by atomic mass is 32.2. The van der Waals surface area contributed by atoms with Crippen LogP contribution in [0.5, 0.6) is 5.88 Å². The molecule has 0 radical (unpaired) electrons. The summed E-state index contributed by atoms with van der Waals surface area (Å²) in [6.07, 6.45) is 9.39. The smallest absolute Gasteiger partial charge is 0.413 e. The number of carbonyl (C=O) groups is 1. The fourth-order valence-corrected chi connectivity index (χ4v) is 5.26. The molecule has 2 aromatic rings. The molecule has 4 unspecified atom stereocenters. The number of alkyl carbamates (subject to hydrolysis) is 1. The van der Waals surface area contributed by atoms with Crippen molar-refractivity contribution in [2.75, 3.05) is 6.61 Å². The summed E-state index contributed by atoms with van der Waals surface area (Å²) in [5.74, 6) is 1.42. The number of pyridine rings is 1. The summed E-state index contributed by atoms with van der Waals surface area (Å²) in [6.45, 7) is 7.35. The van der Waals surface area contributed by atoms with Crippen LogP contribution in [0, 0.1) is 30.1 Å². The zero-order valence-electron chi connectivity index (χ0n) is 20.2. The molecular formula is C25H25F2N5O3S. The molecule has 0 aromatic carbocycles. The predicted octanol–water partition coefficient (Wildman–Crippen LogP) is 4.79. The first kappa shape index (κ1) is 25.6. The molecule has 1 fully saturated rings. The zero-order chi connectivity index (χ0) is 26.0. The molecule has 1 saturated carbocycles. The highest BCUT2D eigenvalue weighted by Gasteiger charge is 2.56. The Morgan fingerprint density at radius 1 is 1.28 bits per heavy atom. The van der Waals surface area contributed by atoms with E-state index in [1.54, 1.807) is 20.8 Å². The van der Waals surface area contributed by atoms with Gasteiger partial charge in [-0.2, -0.15) is 4.39 Å². The van der Waals surface area contributed by atoms with Crippen molar-refractivity contribution in [2.24, 2.45) is 16.8 Å². The molecule has 0 bridgehead atoms. The number of rotatable bonds is 5. The van der Waals surface area contributed by atoms with Gasteiger partial charge in [-0.25, -0.2) is 24.1 Å². The molecule has 2 aliphatic rings. The number of terminal acetylenes is 1. The maximum Gasteiger partial charge on any atom is 0.413 e. The summed E-state index contributed by atoms with van der Waals surface area (Å²) in [6, 6.07) is 0.935. The van der Waals surface area contributed by atoms with Crippen LogP contribution in [-0.4, -0.2) is 43.7 Å². The van der Waals surface area contributed by atoms with Crippen molar-refractivity contribution < 1.29 is 23.0 Å². The molecular weight excluding hydrogens is 488 g/mol. The molecule has 1 amide bonds. The molecule has 36 heavy (non-hydrogen) atoms. The Kier molecular flexibility index (Phi) is 7.26. The first-order chi connectivity index (χ1) is 17.1. The summed E-state index contributed by atoms with van der Waals surface area (Å²) in [5, 5.41) is 3.18. The van der Waals surface area contributed by atoms with Gasteiger partial charge >= 0.3 is 6.09 Å². The van der Waals surface area contributed by atoms with Crippen molar-refractivity contribution in [3.05, 3.63) is 47.4 Å². The molecule has 4 rings (SSSR count). The maximum absolute atomic E-state index is 14.8. The summed E-state index contributed by atoms with van der Waals surface area (Å²) < 4.78 is 40.1. The summed E-state index contributed by atoms with van der Waals surface area (Å²) in [7, 11) is 0. The van der Waals surface area contributed by atoms with Crippen LogP contribution in [-0.2, 0) is 4.74 Å². The fraction of sp³-hybridized carbons (Fsp3) is 0.400. The number of thioether (sulfide) groups is 1. The molecule has 4 atom stereocenters. The Balaban J connectivity index is 1.56. The molecule has 1 aliphatic carbocycles. The second-order valence-corrected chi connectivity index (χ2v) is 10.6. The lowest BCUT2D eigenvalue weighted by molar-refractivity contribution is 0.0564. The van der Waals surface area contributed by atoms with E-state index in [9.17, 15) is 13.6 Å². The SMILES string of the molecule is C#CCOc1cnc(/C(F)=C/c2cnc(F)c(C3N=C(NC(=O)OC(C)(C)C)SC4C(C)C34)c2)cn1. The minimum atomic E-state index is -0.697. The topological polar surface area (TPSA) is 98.6 Å². The van der Waals surface area contributed by atoms with Gasteiger partial charge in [0.15, 0.2) is 17.6 Å². The van der Waals surface area contributed by atoms with E-state index in [0.717, 1.165) is 0 Å². The molecule has 1 N–H and O–H groups in total. The van der Waals surface area contributed by atoms with Crippen molar-refractivity contribution in [1.29, 1.82) is 0 Å². The Morgan fingerprint density at radius 2 is 2.06 bits per heavy atom.